The number of hydrogen-bond acceptors (Lipinski definition) is 14. The summed E-state index contributed by atoms with van der Waals surface area (Å²) in [5, 5.41) is 1.41. The lowest BCUT2D eigenvalue weighted by atomic mass is 9.78. The second-order valence-electron chi connectivity index (χ2n) is 13.6. The molecule has 2 rings (SSSR count). The Balaban J connectivity index is 1.60. The number of rotatable bonds is 36. The first-order valence-corrected chi connectivity index (χ1v) is 21.3. The number of hydrogen-bond donors (Lipinski definition) is 0. The monoisotopic (exact) mass is 940 g/mol. The molecular formula is C43H60Cl4O14. The Hall–Kier alpha value is -2.70. The van der Waals surface area contributed by atoms with Gasteiger partial charge in [-0.05, 0) is 49.2 Å². The van der Waals surface area contributed by atoms with E-state index in [0.717, 1.165) is 11.1 Å². The summed E-state index contributed by atoms with van der Waals surface area (Å²) in [5.41, 5.74) is 1.77. The first-order chi connectivity index (χ1) is 29.2. The summed E-state index contributed by atoms with van der Waals surface area (Å²) in [6.45, 7) is 21.0. The molecule has 0 bridgehead atoms. The van der Waals surface area contributed by atoms with Crippen molar-refractivity contribution in [3.05, 3.63) is 79.8 Å². The van der Waals surface area contributed by atoms with Gasteiger partial charge in [-0.2, -0.15) is 0 Å². The van der Waals surface area contributed by atoms with E-state index in [0.29, 0.717) is 135 Å². The average molecular weight is 943 g/mol. The van der Waals surface area contributed by atoms with Gasteiger partial charge in [-0.25, -0.2) is 9.59 Å². The molecule has 18 heteroatoms. The standard InChI is InChI=1S/C43H60Cl4O14/c1-31(2)41(48)60-25-21-56-17-13-52-9-7-50-11-15-54-19-23-58-39-35(44)27-33(28-36(39)45)43(5,6)34-29-37(46)40(38(47)30-34)59-24-20-55-16-12-51-8-10-53-14-18-57-22-26-61-42(49)32(3)4/h27-30H,1,3,7-26H2,2,4-6H3. The number of esters is 2. The SMILES string of the molecule is C=C(C)C(=O)OCCOCCOCCOCCOCCOc1c(Cl)cc(C(C)(C)c2cc(Cl)c(OCCOCCOCCOCCOCCOC(=O)C(=C)C)c(Cl)c2)cc1Cl. The van der Waals surface area contributed by atoms with Gasteiger partial charge in [-0.15, -0.1) is 0 Å². The van der Waals surface area contributed by atoms with Crippen LogP contribution in [0, 0.1) is 0 Å². The summed E-state index contributed by atoms with van der Waals surface area (Å²) in [7, 11) is 0. The second kappa shape index (κ2) is 32.0. The first kappa shape index (κ1) is 54.4. The van der Waals surface area contributed by atoms with Gasteiger partial charge in [0.25, 0.3) is 0 Å². The van der Waals surface area contributed by atoms with Gasteiger partial charge < -0.3 is 56.8 Å². The van der Waals surface area contributed by atoms with Crippen molar-refractivity contribution in [2.45, 2.75) is 33.1 Å². The van der Waals surface area contributed by atoms with Gasteiger partial charge in [0.15, 0.2) is 11.5 Å². The molecule has 0 saturated carbocycles. The topological polar surface area (TPSA) is 145 Å². The second-order valence-corrected chi connectivity index (χ2v) is 15.2. The van der Waals surface area contributed by atoms with Crippen LogP contribution in [0.4, 0.5) is 0 Å². The van der Waals surface area contributed by atoms with E-state index in [1.54, 1.807) is 38.1 Å². The normalized spacial score (nSPS) is 11.4. The maximum Gasteiger partial charge on any atom is 0.333 e. The van der Waals surface area contributed by atoms with Crippen molar-refractivity contribution < 1.29 is 66.4 Å². The Morgan fingerprint density at radius 2 is 0.639 bits per heavy atom. The molecular weight excluding hydrogens is 882 g/mol. The Morgan fingerprint density at radius 3 is 0.869 bits per heavy atom. The molecule has 0 unspecified atom stereocenters. The smallest absolute Gasteiger partial charge is 0.333 e. The van der Waals surface area contributed by atoms with E-state index in [4.69, 9.17) is 103 Å². The average Bonchev–Trinajstić information content (AvgIpc) is 3.21. The minimum Gasteiger partial charge on any atom is -0.488 e. The Bertz CT molecular complexity index is 1460. The zero-order valence-corrected chi connectivity index (χ0v) is 38.6. The fourth-order valence-corrected chi connectivity index (χ4v) is 6.04. The molecule has 14 nitrogen and oxygen atoms in total. The zero-order chi connectivity index (χ0) is 44.9. The predicted molar refractivity (Wildman–Crippen MR) is 234 cm³/mol. The Kier molecular flexibility index (Phi) is 28.6. The summed E-state index contributed by atoms with van der Waals surface area (Å²) in [4.78, 5) is 22.6. The van der Waals surface area contributed by atoms with E-state index in [1.807, 2.05) is 13.8 Å². The predicted octanol–water partition coefficient (Wildman–Crippen LogP) is 7.76. The van der Waals surface area contributed by atoms with E-state index < -0.39 is 17.4 Å². The van der Waals surface area contributed by atoms with Crippen LogP contribution >= 0.6 is 46.4 Å². The van der Waals surface area contributed by atoms with Gasteiger partial charge in [-0.3, -0.25) is 0 Å². The molecule has 0 atom stereocenters. The molecule has 344 valence electrons. The van der Waals surface area contributed by atoms with Crippen molar-refractivity contribution in [2.75, 3.05) is 132 Å². The fraction of sp³-hybridized carbons (Fsp3) is 0.581. The first-order valence-electron chi connectivity index (χ1n) is 19.8. The number of carbonyl (C=O) groups excluding carboxylic acids is 2. The zero-order valence-electron chi connectivity index (χ0n) is 35.6. The maximum atomic E-state index is 11.3. The largest absolute Gasteiger partial charge is 0.488 e. The van der Waals surface area contributed by atoms with Crippen molar-refractivity contribution in [1.29, 1.82) is 0 Å². The third kappa shape index (κ3) is 23.0. The summed E-state index contributed by atoms with van der Waals surface area (Å²) in [5.74, 6) is -0.153. The van der Waals surface area contributed by atoms with E-state index >= 15 is 0 Å². The van der Waals surface area contributed by atoms with Gasteiger partial charge in [0.05, 0.1) is 126 Å². The fourth-order valence-electron chi connectivity index (χ4n) is 4.85. The van der Waals surface area contributed by atoms with Gasteiger partial charge in [0.1, 0.15) is 26.4 Å². The van der Waals surface area contributed by atoms with Crippen molar-refractivity contribution in [2.24, 2.45) is 0 Å². The van der Waals surface area contributed by atoms with Crippen LogP contribution in [0.25, 0.3) is 0 Å². The van der Waals surface area contributed by atoms with Gasteiger partial charge in [0.2, 0.25) is 0 Å². The summed E-state index contributed by atoms with van der Waals surface area (Å²) >= 11 is 26.6. The number of benzene rings is 2. The Morgan fingerprint density at radius 1 is 0.426 bits per heavy atom. The molecule has 0 fully saturated rings. The Labute approximate surface area is 379 Å². The van der Waals surface area contributed by atoms with Crippen molar-refractivity contribution in [1.82, 2.24) is 0 Å². The lowest BCUT2D eigenvalue weighted by Crippen LogP contribution is -2.19. The number of carbonyl (C=O) groups is 2. The van der Waals surface area contributed by atoms with E-state index in [1.165, 1.54) is 0 Å². The molecule has 0 aliphatic carbocycles. The van der Waals surface area contributed by atoms with Crippen LogP contribution in [0.1, 0.15) is 38.8 Å². The van der Waals surface area contributed by atoms with Crippen LogP contribution < -0.4 is 9.47 Å². The maximum absolute atomic E-state index is 11.3. The summed E-state index contributed by atoms with van der Waals surface area (Å²) < 4.78 is 65.3. The van der Waals surface area contributed by atoms with Crippen LogP contribution in [-0.2, 0) is 62.4 Å². The molecule has 0 heterocycles. The molecule has 0 saturated heterocycles. The molecule has 0 amide bonds. The third-order valence-corrected chi connectivity index (χ3v) is 9.36. The van der Waals surface area contributed by atoms with Crippen LogP contribution in [0.2, 0.25) is 20.1 Å². The van der Waals surface area contributed by atoms with Crippen molar-refractivity contribution in [3.8, 4) is 11.5 Å². The lowest BCUT2D eigenvalue weighted by Gasteiger charge is -2.28. The third-order valence-electron chi connectivity index (χ3n) is 8.24. The highest BCUT2D eigenvalue weighted by atomic mass is 35.5. The lowest BCUT2D eigenvalue weighted by molar-refractivity contribution is -0.141. The van der Waals surface area contributed by atoms with E-state index in [9.17, 15) is 9.59 Å². The number of ether oxygens (including phenoxy) is 12. The van der Waals surface area contributed by atoms with Crippen LogP contribution in [0.5, 0.6) is 11.5 Å². The van der Waals surface area contributed by atoms with Gasteiger partial charge in [-0.1, -0.05) is 73.4 Å². The molecule has 2 aromatic carbocycles. The van der Waals surface area contributed by atoms with E-state index in [2.05, 4.69) is 13.2 Å². The molecule has 2 aromatic rings. The minimum absolute atomic E-state index is 0.170. The number of halogens is 4. The summed E-state index contributed by atoms with van der Waals surface area (Å²) in [6.07, 6.45) is 0. The molecule has 0 radical (unpaired) electrons. The molecule has 0 aliphatic heterocycles. The molecule has 0 spiro atoms. The van der Waals surface area contributed by atoms with Crippen molar-refractivity contribution >= 4 is 58.3 Å². The van der Waals surface area contributed by atoms with Gasteiger partial charge >= 0.3 is 11.9 Å². The van der Waals surface area contributed by atoms with Crippen LogP contribution in [0.3, 0.4) is 0 Å². The quantitative estimate of drug-likeness (QED) is 0.0373. The summed E-state index contributed by atoms with van der Waals surface area (Å²) in [6, 6.07) is 7.22. The molecule has 0 aromatic heterocycles. The molecule has 0 N–H and O–H groups in total. The minimum atomic E-state index is -0.591. The van der Waals surface area contributed by atoms with Crippen LogP contribution in [0.15, 0.2) is 48.6 Å². The highest BCUT2D eigenvalue weighted by Gasteiger charge is 2.28. The highest BCUT2D eigenvalue weighted by molar-refractivity contribution is 6.38. The van der Waals surface area contributed by atoms with Crippen LogP contribution in [-0.4, -0.2) is 144 Å². The molecule has 61 heavy (non-hydrogen) atoms. The van der Waals surface area contributed by atoms with E-state index in [-0.39, 0.29) is 39.6 Å². The van der Waals surface area contributed by atoms with Gasteiger partial charge in [0, 0.05) is 16.6 Å². The molecule has 0 aliphatic rings. The highest BCUT2D eigenvalue weighted by Crippen LogP contribution is 2.43. The van der Waals surface area contributed by atoms with Crippen molar-refractivity contribution in [3.63, 3.8) is 0 Å².